The molecular formula is C25H33N3O4. The lowest BCUT2D eigenvalue weighted by molar-refractivity contribution is -0.116. The molecule has 4 rings (SSSR count). The number of anilines is 2. The molecule has 0 aromatic heterocycles. The van der Waals surface area contributed by atoms with E-state index in [9.17, 15) is 4.79 Å². The summed E-state index contributed by atoms with van der Waals surface area (Å²) in [5.41, 5.74) is 3.16. The Morgan fingerprint density at radius 3 is 2.56 bits per heavy atom. The number of hydrogen-bond acceptors (Lipinski definition) is 6. The molecule has 172 valence electrons. The quantitative estimate of drug-likeness (QED) is 0.677. The van der Waals surface area contributed by atoms with Crippen molar-refractivity contribution in [3.05, 3.63) is 48.0 Å². The number of carbonyl (C=O) groups is 1. The molecule has 1 unspecified atom stereocenters. The van der Waals surface area contributed by atoms with Gasteiger partial charge in [0.15, 0.2) is 0 Å². The Balaban J connectivity index is 1.31. The molecular weight excluding hydrogens is 406 g/mol. The molecule has 2 heterocycles. The van der Waals surface area contributed by atoms with Crippen molar-refractivity contribution < 1.29 is 19.0 Å². The third-order valence-electron chi connectivity index (χ3n) is 6.32. The van der Waals surface area contributed by atoms with Crippen molar-refractivity contribution in [2.75, 3.05) is 63.8 Å². The molecule has 2 saturated heterocycles. The zero-order valence-corrected chi connectivity index (χ0v) is 19.0. The summed E-state index contributed by atoms with van der Waals surface area (Å²) in [5.74, 6) is 1.66. The number of benzene rings is 2. The summed E-state index contributed by atoms with van der Waals surface area (Å²) < 4.78 is 16.3. The van der Waals surface area contributed by atoms with Gasteiger partial charge in [-0.2, -0.15) is 0 Å². The number of nitrogens with zero attached hydrogens (tertiary/aromatic N) is 2. The second-order valence-electron chi connectivity index (χ2n) is 8.25. The second-order valence-corrected chi connectivity index (χ2v) is 8.25. The Bertz CT molecular complexity index is 897. The van der Waals surface area contributed by atoms with Gasteiger partial charge in [0.2, 0.25) is 5.91 Å². The Kier molecular flexibility index (Phi) is 7.50. The minimum Gasteiger partial charge on any atom is -0.497 e. The summed E-state index contributed by atoms with van der Waals surface area (Å²) in [6, 6.07) is 14.3. The Labute approximate surface area is 190 Å². The molecule has 32 heavy (non-hydrogen) atoms. The van der Waals surface area contributed by atoms with Crippen LogP contribution in [-0.4, -0.2) is 64.4 Å². The number of amides is 1. The molecule has 0 spiro atoms. The largest absolute Gasteiger partial charge is 0.497 e. The van der Waals surface area contributed by atoms with Crippen molar-refractivity contribution in [2.45, 2.75) is 25.3 Å². The maximum absolute atomic E-state index is 12.6. The molecule has 0 bridgehead atoms. The zero-order chi connectivity index (χ0) is 22.3. The molecule has 2 aromatic carbocycles. The SMILES string of the molecule is COc1ccc(C2CCCN2CCC(=O)Nc2ccc(N3CCOCC3)cc2)c(OC)c1. The van der Waals surface area contributed by atoms with Crippen LogP contribution in [0.15, 0.2) is 42.5 Å². The van der Waals surface area contributed by atoms with Gasteiger partial charge in [0.05, 0.1) is 27.4 Å². The van der Waals surface area contributed by atoms with E-state index in [2.05, 4.69) is 33.3 Å². The lowest BCUT2D eigenvalue weighted by Gasteiger charge is -2.29. The summed E-state index contributed by atoms with van der Waals surface area (Å²) in [6.45, 7) is 5.04. The van der Waals surface area contributed by atoms with Gasteiger partial charge in [0.25, 0.3) is 0 Å². The number of methoxy groups -OCH3 is 2. The fourth-order valence-corrected chi connectivity index (χ4v) is 4.59. The molecule has 2 aromatic rings. The van der Waals surface area contributed by atoms with Gasteiger partial charge in [-0.05, 0) is 49.7 Å². The van der Waals surface area contributed by atoms with Gasteiger partial charge in [-0.3, -0.25) is 9.69 Å². The third-order valence-corrected chi connectivity index (χ3v) is 6.32. The minimum absolute atomic E-state index is 0.0384. The van der Waals surface area contributed by atoms with E-state index < -0.39 is 0 Å². The Hall–Kier alpha value is -2.77. The van der Waals surface area contributed by atoms with Crippen molar-refractivity contribution in [3.63, 3.8) is 0 Å². The topological polar surface area (TPSA) is 63.3 Å². The highest BCUT2D eigenvalue weighted by Gasteiger charge is 2.28. The van der Waals surface area contributed by atoms with Crippen LogP contribution < -0.4 is 19.7 Å². The first-order chi connectivity index (χ1) is 15.7. The maximum atomic E-state index is 12.6. The van der Waals surface area contributed by atoms with Crippen LogP contribution in [0.2, 0.25) is 0 Å². The predicted molar refractivity (Wildman–Crippen MR) is 126 cm³/mol. The van der Waals surface area contributed by atoms with E-state index in [1.54, 1.807) is 14.2 Å². The van der Waals surface area contributed by atoms with Gasteiger partial charge < -0.3 is 24.4 Å². The summed E-state index contributed by atoms with van der Waals surface area (Å²) in [6.07, 6.45) is 2.64. The van der Waals surface area contributed by atoms with Crippen molar-refractivity contribution >= 4 is 17.3 Å². The van der Waals surface area contributed by atoms with E-state index in [0.717, 1.165) is 75.0 Å². The standard InChI is InChI=1S/C25H33N3O4/c1-30-21-9-10-22(24(18-21)31-2)23-4-3-12-28(23)13-11-25(29)26-19-5-7-20(8-6-19)27-14-16-32-17-15-27/h5-10,18,23H,3-4,11-17H2,1-2H3,(H,26,29). The highest BCUT2D eigenvalue weighted by atomic mass is 16.5. The van der Waals surface area contributed by atoms with Crippen LogP contribution in [0.4, 0.5) is 11.4 Å². The summed E-state index contributed by atoms with van der Waals surface area (Å²) in [4.78, 5) is 17.3. The smallest absolute Gasteiger partial charge is 0.225 e. The third kappa shape index (κ3) is 5.34. The molecule has 0 radical (unpaired) electrons. The molecule has 2 aliphatic heterocycles. The van der Waals surface area contributed by atoms with Gasteiger partial charge in [-0.1, -0.05) is 6.07 Å². The average molecular weight is 440 g/mol. The fourth-order valence-electron chi connectivity index (χ4n) is 4.59. The molecule has 2 aliphatic rings. The lowest BCUT2D eigenvalue weighted by atomic mass is 10.0. The summed E-state index contributed by atoms with van der Waals surface area (Å²) >= 11 is 0. The van der Waals surface area contributed by atoms with Crippen molar-refractivity contribution in [3.8, 4) is 11.5 Å². The highest BCUT2D eigenvalue weighted by Crippen LogP contribution is 2.38. The number of hydrogen-bond donors (Lipinski definition) is 1. The normalized spacial score (nSPS) is 19.1. The first-order valence-electron chi connectivity index (χ1n) is 11.4. The Morgan fingerprint density at radius 2 is 1.84 bits per heavy atom. The molecule has 0 saturated carbocycles. The van der Waals surface area contributed by atoms with Crippen LogP contribution in [0.25, 0.3) is 0 Å². The summed E-state index contributed by atoms with van der Waals surface area (Å²) in [7, 11) is 3.35. The van der Waals surface area contributed by atoms with Crippen LogP contribution in [-0.2, 0) is 9.53 Å². The number of ether oxygens (including phenoxy) is 3. The van der Waals surface area contributed by atoms with Crippen LogP contribution in [0, 0.1) is 0 Å². The van der Waals surface area contributed by atoms with E-state index >= 15 is 0 Å². The monoisotopic (exact) mass is 439 g/mol. The highest BCUT2D eigenvalue weighted by molar-refractivity contribution is 5.91. The second kappa shape index (κ2) is 10.7. The van der Waals surface area contributed by atoms with Crippen LogP contribution in [0.5, 0.6) is 11.5 Å². The lowest BCUT2D eigenvalue weighted by Crippen LogP contribution is -2.36. The van der Waals surface area contributed by atoms with Gasteiger partial charge in [-0.25, -0.2) is 0 Å². The van der Waals surface area contributed by atoms with Gasteiger partial charge in [-0.15, -0.1) is 0 Å². The molecule has 1 amide bonds. The molecule has 1 atom stereocenters. The zero-order valence-electron chi connectivity index (χ0n) is 19.0. The van der Waals surface area contributed by atoms with Crippen LogP contribution in [0.1, 0.15) is 30.9 Å². The fraction of sp³-hybridized carbons (Fsp3) is 0.480. The Morgan fingerprint density at radius 1 is 1.06 bits per heavy atom. The van der Waals surface area contributed by atoms with Crippen molar-refractivity contribution in [1.82, 2.24) is 4.90 Å². The minimum atomic E-state index is 0.0384. The number of likely N-dealkylation sites (tertiary alicyclic amines) is 1. The first-order valence-corrected chi connectivity index (χ1v) is 11.4. The van der Waals surface area contributed by atoms with Crippen LogP contribution >= 0.6 is 0 Å². The number of morpholine rings is 1. The van der Waals surface area contributed by atoms with Crippen molar-refractivity contribution in [1.29, 1.82) is 0 Å². The first kappa shape index (κ1) is 22.4. The van der Waals surface area contributed by atoms with E-state index in [-0.39, 0.29) is 11.9 Å². The van der Waals surface area contributed by atoms with Gasteiger partial charge in [0, 0.05) is 55.1 Å². The number of nitrogens with one attached hydrogen (secondary N) is 1. The molecule has 7 nitrogen and oxygen atoms in total. The summed E-state index contributed by atoms with van der Waals surface area (Å²) in [5, 5.41) is 3.04. The molecule has 2 fully saturated rings. The molecule has 0 aliphatic carbocycles. The number of rotatable bonds is 8. The average Bonchev–Trinajstić information content (AvgIpc) is 3.31. The maximum Gasteiger partial charge on any atom is 0.225 e. The number of carbonyl (C=O) groups excluding carboxylic acids is 1. The van der Waals surface area contributed by atoms with E-state index in [4.69, 9.17) is 14.2 Å². The van der Waals surface area contributed by atoms with Gasteiger partial charge >= 0.3 is 0 Å². The van der Waals surface area contributed by atoms with E-state index in [0.29, 0.717) is 6.42 Å². The molecule has 1 N–H and O–H groups in total. The predicted octanol–water partition coefficient (Wildman–Crippen LogP) is 3.71. The van der Waals surface area contributed by atoms with Crippen LogP contribution in [0.3, 0.4) is 0 Å². The van der Waals surface area contributed by atoms with Crippen molar-refractivity contribution in [2.24, 2.45) is 0 Å². The van der Waals surface area contributed by atoms with Gasteiger partial charge in [0.1, 0.15) is 11.5 Å². The van der Waals surface area contributed by atoms with E-state index in [1.165, 1.54) is 5.69 Å². The molecule has 7 heteroatoms. The van der Waals surface area contributed by atoms with E-state index in [1.807, 2.05) is 24.3 Å².